The van der Waals surface area contributed by atoms with Gasteiger partial charge in [-0.2, -0.15) is 4.31 Å². The Morgan fingerprint density at radius 1 is 0.970 bits per heavy atom. The van der Waals surface area contributed by atoms with Gasteiger partial charge in [-0.1, -0.05) is 18.2 Å². The molecule has 0 saturated carbocycles. The molecular formula is C25H26FNO5S. The second-order valence-corrected chi connectivity index (χ2v) is 9.59. The van der Waals surface area contributed by atoms with Crippen molar-refractivity contribution in [1.82, 2.24) is 4.31 Å². The average molecular weight is 472 g/mol. The molecule has 3 aromatic carbocycles. The Hall–Kier alpha value is -2.94. The molecule has 0 fully saturated rings. The molecule has 4 rings (SSSR count). The van der Waals surface area contributed by atoms with E-state index in [2.05, 4.69) is 0 Å². The van der Waals surface area contributed by atoms with Gasteiger partial charge in [-0.15, -0.1) is 0 Å². The van der Waals surface area contributed by atoms with E-state index >= 15 is 0 Å². The minimum atomic E-state index is -3.69. The van der Waals surface area contributed by atoms with Crippen molar-refractivity contribution in [3.8, 4) is 11.5 Å². The van der Waals surface area contributed by atoms with Crippen molar-refractivity contribution in [2.24, 2.45) is 0 Å². The molecule has 0 bridgehead atoms. The Balaban J connectivity index is 1.45. The first-order chi connectivity index (χ1) is 16.0. The lowest BCUT2D eigenvalue weighted by Crippen LogP contribution is -2.32. The molecule has 0 amide bonds. The lowest BCUT2D eigenvalue weighted by molar-refractivity contribution is 0.107. The molecule has 1 aliphatic rings. The summed E-state index contributed by atoms with van der Waals surface area (Å²) in [4.78, 5) is 0.216. The highest BCUT2D eigenvalue weighted by Gasteiger charge is 2.28. The van der Waals surface area contributed by atoms with Gasteiger partial charge in [0.2, 0.25) is 10.0 Å². The maximum atomic E-state index is 13.2. The fourth-order valence-electron chi connectivity index (χ4n) is 3.61. The molecule has 8 heteroatoms. The van der Waals surface area contributed by atoms with Gasteiger partial charge in [0, 0.05) is 18.7 Å². The van der Waals surface area contributed by atoms with Gasteiger partial charge in [-0.25, -0.2) is 12.8 Å². The molecule has 0 unspecified atom stereocenters. The molecule has 1 heterocycles. The van der Waals surface area contributed by atoms with Crippen LogP contribution in [0.1, 0.15) is 23.6 Å². The number of hydrogen-bond donors (Lipinski definition) is 0. The van der Waals surface area contributed by atoms with Crippen LogP contribution in [0.4, 0.5) is 4.39 Å². The Labute approximate surface area is 193 Å². The molecule has 0 N–H and O–H groups in total. The predicted molar refractivity (Wildman–Crippen MR) is 122 cm³/mol. The van der Waals surface area contributed by atoms with Crippen LogP contribution in [0, 0.1) is 5.82 Å². The van der Waals surface area contributed by atoms with E-state index in [4.69, 9.17) is 14.2 Å². The SMILES string of the molecule is CCOc1ccc(S(=O)(=O)N2CCOc3ccc(COCc4ccc(F)cc4)cc3C2)cc1. The van der Waals surface area contributed by atoms with E-state index in [0.717, 1.165) is 16.7 Å². The summed E-state index contributed by atoms with van der Waals surface area (Å²) in [6.07, 6.45) is 0. The molecule has 3 aromatic rings. The van der Waals surface area contributed by atoms with Crippen molar-refractivity contribution < 1.29 is 27.0 Å². The quantitative estimate of drug-likeness (QED) is 0.483. The van der Waals surface area contributed by atoms with Crippen molar-refractivity contribution in [1.29, 1.82) is 0 Å². The molecule has 33 heavy (non-hydrogen) atoms. The van der Waals surface area contributed by atoms with Crippen molar-refractivity contribution in [3.05, 3.63) is 89.2 Å². The van der Waals surface area contributed by atoms with E-state index in [1.54, 1.807) is 36.4 Å². The topological polar surface area (TPSA) is 65.1 Å². The number of nitrogens with zero attached hydrogens (tertiary/aromatic N) is 1. The maximum absolute atomic E-state index is 13.2. The molecule has 1 aliphatic heterocycles. The van der Waals surface area contributed by atoms with Gasteiger partial charge in [0.15, 0.2) is 0 Å². The highest BCUT2D eigenvalue weighted by Crippen LogP contribution is 2.28. The van der Waals surface area contributed by atoms with Crippen molar-refractivity contribution in [2.75, 3.05) is 19.8 Å². The van der Waals surface area contributed by atoms with Crippen LogP contribution in [0.2, 0.25) is 0 Å². The Bertz CT molecular complexity index is 1180. The third-order valence-corrected chi connectivity index (χ3v) is 7.15. The number of rotatable bonds is 8. The van der Waals surface area contributed by atoms with Crippen LogP contribution in [0.3, 0.4) is 0 Å². The van der Waals surface area contributed by atoms with E-state index in [0.29, 0.717) is 31.3 Å². The lowest BCUT2D eigenvalue weighted by Gasteiger charge is -2.20. The summed E-state index contributed by atoms with van der Waals surface area (Å²) in [6, 6.07) is 18.3. The van der Waals surface area contributed by atoms with Gasteiger partial charge in [0.25, 0.3) is 0 Å². The van der Waals surface area contributed by atoms with Crippen molar-refractivity contribution >= 4 is 10.0 Å². The van der Waals surface area contributed by atoms with Crippen LogP contribution in [0.5, 0.6) is 11.5 Å². The van der Waals surface area contributed by atoms with Gasteiger partial charge >= 0.3 is 0 Å². The summed E-state index contributed by atoms with van der Waals surface area (Å²) < 4.78 is 57.9. The molecule has 0 spiro atoms. The molecule has 0 aromatic heterocycles. The summed E-state index contributed by atoms with van der Waals surface area (Å²) in [5.41, 5.74) is 2.56. The number of sulfonamides is 1. The monoisotopic (exact) mass is 471 g/mol. The first-order valence-corrected chi connectivity index (χ1v) is 12.2. The van der Waals surface area contributed by atoms with Gasteiger partial charge in [0.1, 0.15) is 23.9 Å². The zero-order valence-corrected chi connectivity index (χ0v) is 19.2. The number of fused-ring (bicyclic) bond motifs is 1. The number of ether oxygens (including phenoxy) is 3. The highest BCUT2D eigenvalue weighted by atomic mass is 32.2. The van der Waals surface area contributed by atoms with Crippen LogP contribution in [0.15, 0.2) is 71.6 Å². The standard InChI is InChI=1S/C25H26FNO5S/c1-2-31-23-8-10-24(11-9-23)33(28,29)27-13-14-32-25-12-5-20(15-21(25)16-27)18-30-17-19-3-6-22(26)7-4-19/h3-12,15H,2,13-14,16-18H2,1H3. The molecule has 6 nitrogen and oxygen atoms in total. The summed E-state index contributed by atoms with van der Waals surface area (Å²) in [6.45, 7) is 3.81. The molecule has 0 radical (unpaired) electrons. The second-order valence-electron chi connectivity index (χ2n) is 7.65. The third-order valence-electron chi connectivity index (χ3n) is 5.29. The van der Waals surface area contributed by atoms with Gasteiger partial charge < -0.3 is 14.2 Å². The highest BCUT2D eigenvalue weighted by molar-refractivity contribution is 7.89. The van der Waals surface area contributed by atoms with Gasteiger partial charge in [-0.3, -0.25) is 0 Å². The average Bonchev–Trinajstić information content (AvgIpc) is 3.04. The Morgan fingerprint density at radius 2 is 1.67 bits per heavy atom. The van der Waals surface area contributed by atoms with E-state index in [1.165, 1.54) is 16.4 Å². The van der Waals surface area contributed by atoms with Crippen LogP contribution in [0.25, 0.3) is 0 Å². The van der Waals surface area contributed by atoms with E-state index in [1.807, 2.05) is 25.1 Å². The fourth-order valence-corrected chi connectivity index (χ4v) is 5.01. The van der Waals surface area contributed by atoms with Crippen LogP contribution in [-0.4, -0.2) is 32.5 Å². The summed E-state index contributed by atoms with van der Waals surface area (Å²) >= 11 is 0. The van der Waals surface area contributed by atoms with Crippen LogP contribution >= 0.6 is 0 Å². The fraction of sp³-hybridized carbons (Fsp3) is 0.280. The van der Waals surface area contributed by atoms with Gasteiger partial charge in [0.05, 0.1) is 24.7 Å². The van der Waals surface area contributed by atoms with Crippen molar-refractivity contribution in [2.45, 2.75) is 31.6 Å². The second kappa shape index (κ2) is 10.3. The maximum Gasteiger partial charge on any atom is 0.243 e. The number of benzene rings is 3. The molecule has 174 valence electrons. The third kappa shape index (κ3) is 5.71. The van der Waals surface area contributed by atoms with Crippen LogP contribution < -0.4 is 9.47 Å². The zero-order valence-electron chi connectivity index (χ0n) is 18.4. The smallest absolute Gasteiger partial charge is 0.243 e. The van der Waals surface area contributed by atoms with Gasteiger partial charge in [-0.05, 0) is 66.6 Å². The van der Waals surface area contributed by atoms with E-state index < -0.39 is 10.0 Å². The number of hydrogen-bond acceptors (Lipinski definition) is 5. The zero-order chi connectivity index (χ0) is 23.3. The normalized spacial score (nSPS) is 14.2. The Kier molecular flexibility index (Phi) is 7.27. The molecule has 0 aliphatic carbocycles. The summed E-state index contributed by atoms with van der Waals surface area (Å²) in [7, 11) is -3.69. The summed E-state index contributed by atoms with van der Waals surface area (Å²) in [5, 5.41) is 0. The Morgan fingerprint density at radius 3 is 2.39 bits per heavy atom. The summed E-state index contributed by atoms with van der Waals surface area (Å²) in [5.74, 6) is 1.02. The lowest BCUT2D eigenvalue weighted by atomic mass is 10.1. The largest absolute Gasteiger partial charge is 0.494 e. The first-order valence-electron chi connectivity index (χ1n) is 10.8. The minimum Gasteiger partial charge on any atom is -0.494 e. The van der Waals surface area contributed by atoms with E-state index in [-0.39, 0.29) is 30.4 Å². The number of halogens is 1. The molecular weight excluding hydrogens is 445 g/mol. The molecule has 0 saturated heterocycles. The predicted octanol–water partition coefficient (Wildman–Crippen LogP) is 4.52. The minimum absolute atomic E-state index is 0.205. The molecule has 0 atom stereocenters. The van der Waals surface area contributed by atoms with Crippen LogP contribution in [-0.2, 0) is 34.5 Å². The first kappa shape index (κ1) is 23.2. The van der Waals surface area contributed by atoms with Crippen molar-refractivity contribution in [3.63, 3.8) is 0 Å². The van der Waals surface area contributed by atoms with E-state index in [9.17, 15) is 12.8 Å².